The van der Waals surface area contributed by atoms with Crippen LogP contribution in [0.3, 0.4) is 0 Å². The molecule has 1 aromatic rings. The summed E-state index contributed by atoms with van der Waals surface area (Å²) in [6, 6.07) is 9.96. The first kappa shape index (κ1) is 11.7. The summed E-state index contributed by atoms with van der Waals surface area (Å²) in [7, 11) is 0. The van der Waals surface area contributed by atoms with Crippen molar-refractivity contribution in [1.29, 1.82) is 5.26 Å². The van der Waals surface area contributed by atoms with Crippen LogP contribution in [0.15, 0.2) is 24.3 Å². The first-order valence-electron chi connectivity index (χ1n) is 5.42. The molecule has 2 heteroatoms. The van der Waals surface area contributed by atoms with Crippen LogP contribution >= 0.6 is 0 Å². The lowest BCUT2D eigenvalue weighted by Crippen LogP contribution is -2.22. The zero-order valence-corrected chi connectivity index (χ0v) is 9.46. The maximum Gasteiger partial charge on any atom is 0.0991 e. The van der Waals surface area contributed by atoms with Gasteiger partial charge in [-0.05, 0) is 43.1 Å². The molecule has 0 aliphatic rings. The van der Waals surface area contributed by atoms with Crippen LogP contribution in [0.2, 0.25) is 0 Å². The van der Waals surface area contributed by atoms with Crippen molar-refractivity contribution >= 4 is 0 Å². The van der Waals surface area contributed by atoms with Gasteiger partial charge in [-0.1, -0.05) is 26.0 Å². The van der Waals surface area contributed by atoms with Crippen molar-refractivity contribution in [1.82, 2.24) is 5.32 Å². The molecule has 0 bridgehead atoms. The fourth-order valence-corrected chi connectivity index (χ4v) is 1.42. The smallest absolute Gasteiger partial charge is 0.0991 e. The van der Waals surface area contributed by atoms with Gasteiger partial charge < -0.3 is 5.32 Å². The second-order valence-electron chi connectivity index (χ2n) is 4.16. The van der Waals surface area contributed by atoms with Crippen molar-refractivity contribution in [2.45, 2.75) is 20.3 Å². The molecule has 0 atom stereocenters. The predicted octanol–water partition coefficient (Wildman–Crippen LogP) is 2.35. The Labute approximate surface area is 91.9 Å². The fraction of sp³-hybridized carbons (Fsp3) is 0.462. The molecular formula is C13H18N2. The van der Waals surface area contributed by atoms with Crippen LogP contribution in [0.4, 0.5) is 0 Å². The Morgan fingerprint density at radius 3 is 2.87 bits per heavy atom. The minimum atomic E-state index is 0.690. The normalized spacial score (nSPS) is 10.3. The minimum Gasteiger partial charge on any atom is -0.316 e. The summed E-state index contributed by atoms with van der Waals surface area (Å²) in [6.07, 6.45) is 0.988. The Kier molecular flexibility index (Phi) is 4.86. The maximum absolute atomic E-state index is 8.74. The van der Waals surface area contributed by atoms with Gasteiger partial charge in [0, 0.05) is 0 Å². The molecule has 0 heterocycles. The van der Waals surface area contributed by atoms with Crippen LogP contribution in [0.25, 0.3) is 0 Å². The molecule has 15 heavy (non-hydrogen) atoms. The van der Waals surface area contributed by atoms with Crippen molar-refractivity contribution in [3.63, 3.8) is 0 Å². The van der Waals surface area contributed by atoms with Crippen molar-refractivity contribution in [2.24, 2.45) is 5.92 Å². The third-order valence-corrected chi connectivity index (χ3v) is 2.20. The van der Waals surface area contributed by atoms with E-state index in [0.717, 1.165) is 25.1 Å². The predicted molar refractivity (Wildman–Crippen MR) is 62.6 cm³/mol. The summed E-state index contributed by atoms with van der Waals surface area (Å²) in [5, 5.41) is 12.1. The van der Waals surface area contributed by atoms with Gasteiger partial charge in [0.05, 0.1) is 11.6 Å². The fourth-order valence-electron chi connectivity index (χ4n) is 1.42. The summed E-state index contributed by atoms with van der Waals surface area (Å²) in [5.41, 5.74) is 1.97. The van der Waals surface area contributed by atoms with Gasteiger partial charge in [0.25, 0.3) is 0 Å². The van der Waals surface area contributed by atoms with E-state index in [2.05, 4.69) is 31.3 Å². The van der Waals surface area contributed by atoms with E-state index in [4.69, 9.17) is 5.26 Å². The highest BCUT2D eigenvalue weighted by atomic mass is 14.8. The lowest BCUT2D eigenvalue weighted by molar-refractivity contribution is 0.554. The van der Waals surface area contributed by atoms with E-state index in [1.807, 2.05) is 18.2 Å². The van der Waals surface area contributed by atoms with Crippen molar-refractivity contribution in [2.75, 3.05) is 13.1 Å². The first-order valence-corrected chi connectivity index (χ1v) is 5.42. The highest BCUT2D eigenvalue weighted by molar-refractivity contribution is 5.32. The van der Waals surface area contributed by atoms with Crippen LogP contribution in [0.1, 0.15) is 25.0 Å². The van der Waals surface area contributed by atoms with E-state index in [-0.39, 0.29) is 0 Å². The van der Waals surface area contributed by atoms with Crippen LogP contribution < -0.4 is 5.32 Å². The molecule has 0 aliphatic carbocycles. The number of hydrogen-bond acceptors (Lipinski definition) is 2. The average Bonchev–Trinajstić information content (AvgIpc) is 2.24. The molecule has 0 saturated heterocycles. The Balaban J connectivity index is 2.35. The zero-order valence-electron chi connectivity index (χ0n) is 9.46. The molecule has 1 rings (SSSR count). The Hall–Kier alpha value is -1.33. The van der Waals surface area contributed by atoms with Gasteiger partial charge in [0.15, 0.2) is 0 Å². The minimum absolute atomic E-state index is 0.690. The molecule has 0 fully saturated rings. The van der Waals surface area contributed by atoms with Crippen LogP contribution in [0.5, 0.6) is 0 Å². The van der Waals surface area contributed by atoms with Gasteiger partial charge in [-0.15, -0.1) is 0 Å². The summed E-state index contributed by atoms with van der Waals surface area (Å²) < 4.78 is 0. The molecule has 1 aromatic carbocycles. The zero-order chi connectivity index (χ0) is 11.1. The first-order chi connectivity index (χ1) is 7.22. The summed E-state index contributed by atoms with van der Waals surface area (Å²) in [6.45, 7) is 6.43. The Morgan fingerprint density at radius 2 is 2.20 bits per heavy atom. The lowest BCUT2D eigenvalue weighted by Gasteiger charge is -2.07. The highest BCUT2D eigenvalue weighted by Crippen LogP contribution is 2.04. The second-order valence-corrected chi connectivity index (χ2v) is 4.16. The standard InChI is InChI=1S/C13H18N2/c1-11(2)10-15-7-6-12-4-3-5-13(8-12)9-14/h3-5,8,11,15H,6-7,10H2,1-2H3. The van der Waals surface area contributed by atoms with Crippen LogP contribution in [-0.2, 0) is 6.42 Å². The summed E-state index contributed by atoms with van der Waals surface area (Å²) >= 11 is 0. The summed E-state index contributed by atoms with van der Waals surface area (Å²) in [4.78, 5) is 0. The lowest BCUT2D eigenvalue weighted by atomic mass is 10.1. The quantitative estimate of drug-likeness (QED) is 0.744. The maximum atomic E-state index is 8.74. The molecule has 0 amide bonds. The molecule has 1 N–H and O–H groups in total. The van der Waals surface area contributed by atoms with Crippen LogP contribution in [0, 0.1) is 17.2 Å². The third-order valence-electron chi connectivity index (χ3n) is 2.20. The Bertz CT molecular complexity index is 337. The Morgan fingerprint density at radius 1 is 1.40 bits per heavy atom. The largest absolute Gasteiger partial charge is 0.316 e. The van der Waals surface area contributed by atoms with Gasteiger partial charge in [-0.25, -0.2) is 0 Å². The third kappa shape index (κ3) is 4.62. The van der Waals surface area contributed by atoms with Crippen LogP contribution in [-0.4, -0.2) is 13.1 Å². The van der Waals surface area contributed by atoms with Gasteiger partial charge in [-0.3, -0.25) is 0 Å². The molecule has 0 aromatic heterocycles. The van der Waals surface area contributed by atoms with Gasteiger partial charge >= 0.3 is 0 Å². The van der Waals surface area contributed by atoms with Gasteiger partial charge in [0.2, 0.25) is 0 Å². The van der Waals surface area contributed by atoms with Crippen molar-refractivity contribution in [3.8, 4) is 6.07 Å². The number of nitrogens with one attached hydrogen (secondary N) is 1. The molecular weight excluding hydrogens is 184 g/mol. The molecule has 0 unspecified atom stereocenters. The molecule has 0 spiro atoms. The topological polar surface area (TPSA) is 35.8 Å². The van der Waals surface area contributed by atoms with E-state index in [1.54, 1.807) is 0 Å². The second kappa shape index (κ2) is 6.21. The number of hydrogen-bond donors (Lipinski definition) is 1. The number of nitrogens with zero attached hydrogens (tertiary/aromatic N) is 1. The monoisotopic (exact) mass is 202 g/mol. The molecule has 0 aliphatic heterocycles. The average molecular weight is 202 g/mol. The number of nitriles is 1. The van der Waals surface area contributed by atoms with E-state index >= 15 is 0 Å². The van der Waals surface area contributed by atoms with Gasteiger partial charge in [-0.2, -0.15) is 5.26 Å². The molecule has 0 radical (unpaired) electrons. The summed E-state index contributed by atoms with van der Waals surface area (Å²) in [5.74, 6) is 0.690. The highest BCUT2D eigenvalue weighted by Gasteiger charge is 1.96. The van der Waals surface area contributed by atoms with E-state index in [9.17, 15) is 0 Å². The van der Waals surface area contributed by atoms with Crippen molar-refractivity contribution < 1.29 is 0 Å². The van der Waals surface area contributed by atoms with Gasteiger partial charge in [0.1, 0.15) is 0 Å². The van der Waals surface area contributed by atoms with E-state index < -0.39 is 0 Å². The van der Waals surface area contributed by atoms with E-state index in [1.165, 1.54) is 5.56 Å². The number of benzene rings is 1. The SMILES string of the molecule is CC(C)CNCCc1cccc(C#N)c1. The number of rotatable bonds is 5. The molecule has 0 saturated carbocycles. The van der Waals surface area contributed by atoms with E-state index in [0.29, 0.717) is 5.92 Å². The van der Waals surface area contributed by atoms with Crippen molar-refractivity contribution in [3.05, 3.63) is 35.4 Å². The molecule has 2 nitrogen and oxygen atoms in total. The molecule has 80 valence electrons.